The van der Waals surface area contributed by atoms with Crippen molar-refractivity contribution in [3.63, 3.8) is 0 Å². The summed E-state index contributed by atoms with van der Waals surface area (Å²) in [6.07, 6.45) is 3.17. The van der Waals surface area contributed by atoms with Crippen LogP contribution in [0.3, 0.4) is 0 Å². The van der Waals surface area contributed by atoms with Crippen LogP contribution in [0.15, 0.2) is 41.9 Å². The third-order valence-electron chi connectivity index (χ3n) is 5.75. The van der Waals surface area contributed by atoms with Crippen molar-refractivity contribution in [3.8, 4) is 40.3 Å². The van der Waals surface area contributed by atoms with Crippen LogP contribution in [-0.2, 0) is 0 Å². The fourth-order valence-corrected chi connectivity index (χ4v) is 4.32. The minimum Gasteiger partial charge on any atom is -0.495 e. The first kappa shape index (κ1) is 29.5. The zero-order valence-corrected chi connectivity index (χ0v) is 23.6. The molecule has 0 aromatic carbocycles. The van der Waals surface area contributed by atoms with Gasteiger partial charge in [-0.1, -0.05) is 25.7 Å². The molecule has 11 nitrogen and oxygen atoms in total. The van der Waals surface area contributed by atoms with Gasteiger partial charge in [-0.3, -0.25) is 25.9 Å². The van der Waals surface area contributed by atoms with Crippen LogP contribution in [0.5, 0.6) is 11.5 Å². The van der Waals surface area contributed by atoms with Gasteiger partial charge in [0.25, 0.3) is 12.3 Å². The Labute approximate surface area is 239 Å². The number of rotatable bonds is 6. The molecule has 1 aliphatic carbocycles. The highest BCUT2D eigenvalue weighted by Gasteiger charge is 2.25. The normalized spacial score (nSPS) is 15.5. The number of nitrogens with zero attached hydrogens (tertiary/aromatic N) is 5. The van der Waals surface area contributed by atoms with E-state index in [0.717, 1.165) is 25.1 Å². The lowest BCUT2D eigenvalue weighted by Crippen LogP contribution is -2.29. The maximum Gasteiger partial charge on any atom is 0.280 e. The van der Waals surface area contributed by atoms with Gasteiger partial charge in [0.1, 0.15) is 17.2 Å². The Bertz CT molecular complexity index is 1580. The summed E-state index contributed by atoms with van der Waals surface area (Å²) in [4.78, 5) is 21.5. The number of carbonyl (C=O) groups excluding carboxylic acids is 1. The number of carbonyl (C=O) groups is 1. The van der Waals surface area contributed by atoms with Crippen molar-refractivity contribution in [2.75, 3.05) is 14.2 Å². The number of methoxy groups -OCH3 is 2. The number of ether oxygens (including phenoxy) is 2. The van der Waals surface area contributed by atoms with Gasteiger partial charge >= 0.3 is 0 Å². The fraction of sp³-hybridized carbons (Fsp3) is 0.333. The molecular weight excluding hydrogens is 554 g/mol. The van der Waals surface area contributed by atoms with Gasteiger partial charge in [-0.25, -0.2) is 13.8 Å². The highest BCUT2D eigenvalue weighted by molar-refractivity contribution is 8.14. The molecule has 0 saturated heterocycles. The van der Waals surface area contributed by atoms with Gasteiger partial charge < -0.3 is 9.47 Å². The Morgan fingerprint density at radius 2 is 1.90 bits per heavy atom. The first-order valence-corrected chi connectivity index (χ1v) is 13.6. The van der Waals surface area contributed by atoms with Crippen molar-refractivity contribution in [3.05, 3.63) is 53.5 Å². The van der Waals surface area contributed by atoms with Crippen molar-refractivity contribution < 1.29 is 23.0 Å². The number of nitrogens with one attached hydrogen (secondary N) is 3. The van der Waals surface area contributed by atoms with Crippen LogP contribution < -0.4 is 25.7 Å². The zero-order chi connectivity index (χ0) is 29.5. The topological polar surface area (TPSA) is 139 Å². The van der Waals surface area contributed by atoms with Gasteiger partial charge in [-0.2, -0.15) is 14.9 Å². The highest BCUT2D eigenvalue weighted by Crippen LogP contribution is 2.35. The van der Waals surface area contributed by atoms with E-state index in [1.165, 1.54) is 55.2 Å². The van der Waals surface area contributed by atoms with Crippen molar-refractivity contribution in [2.45, 2.75) is 38.5 Å². The monoisotopic (exact) mass is 582 g/mol. The second-order valence-corrected chi connectivity index (χ2v) is 9.55. The number of amidine groups is 1. The molecule has 14 heteroatoms. The minimum absolute atomic E-state index is 0.0545. The van der Waals surface area contributed by atoms with E-state index in [1.807, 2.05) is 13.8 Å². The molecule has 3 aromatic heterocycles. The van der Waals surface area contributed by atoms with E-state index in [0.29, 0.717) is 16.8 Å². The van der Waals surface area contributed by atoms with Gasteiger partial charge in [0.15, 0.2) is 21.8 Å². The van der Waals surface area contributed by atoms with Crippen LogP contribution in [0.4, 0.5) is 8.78 Å². The fourth-order valence-electron chi connectivity index (χ4n) is 3.61. The third kappa shape index (κ3) is 6.98. The molecule has 1 unspecified atom stereocenters. The number of hydrazone groups is 1. The van der Waals surface area contributed by atoms with Crippen molar-refractivity contribution in [1.82, 2.24) is 30.5 Å². The number of hydrogen-bond donors (Lipinski definition) is 3. The zero-order valence-electron chi connectivity index (χ0n) is 22.7. The number of thioether (sulfide) groups is 1. The van der Waals surface area contributed by atoms with Crippen molar-refractivity contribution in [2.24, 2.45) is 11.0 Å². The summed E-state index contributed by atoms with van der Waals surface area (Å²) in [6, 6.07) is 4.05. The summed E-state index contributed by atoms with van der Waals surface area (Å²) in [6.45, 7) is 4.00. The number of pyridine rings is 2. The molecule has 0 radical (unpaired) electrons. The predicted molar refractivity (Wildman–Crippen MR) is 150 cm³/mol. The van der Waals surface area contributed by atoms with Gasteiger partial charge in [0.2, 0.25) is 0 Å². The first-order chi connectivity index (χ1) is 19.9. The predicted octanol–water partition coefficient (Wildman–Crippen LogP) is 3.87. The van der Waals surface area contributed by atoms with Gasteiger partial charge in [0, 0.05) is 29.3 Å². The van der Waals surface area contributed by atoms with Crippen molar-refractivity contribution >= 4 is 22.8 Å². The van der Waals surface area contributed by atoms with Crippen LogP contribution in [0, 0.1) is 23.2 Å². The molecule has 2 aliphatic rings. The maximum atomic E-state index is 13.6. The first-order valence-electron chi connectivity index (χ1n) is 12.7. The SMILES string of the molecule is CC.COc1cnn(-c2cc(-c3cc(C(F)F)ncc3OC)c(C(=O)NC3=NNC(C#CC4CC4)S3)cn2)c(=N)c1. The van der Waals surface area contributed by atoms with Gasteiger partial charge in [-0.15, -0.1) is 0 Å². The second kappa shape index (κ2) is 13.2. The lowest BCUT2D eigenvalue weighted by atomic mass is 10.00. The van der Waals surface area contributed by atoms with Crippen LogP contribution in [0.1, 0.15) is 49.2 Å². The molecule has 1 saturated carbocycles. The van der Waals surface area contributed by atoms with Gasteiger partial charge in [-0.05, 0) is 36.7 Å². The lowest BCUT2D eigenvalue weighted by Gasteiger charge is -2.15. The Hall–Kier alpha value is -4.51. The molecular formula is C27H28F2N8O3S. The Kier molecular flexibility index (Phi) is 9.51. The average Bonchev–Trinajstić information content (AvgIpc) is 3.73. The van der Waals surface area contributed by atoms with Crippen LogP contribution in [0.25, 0.3) is 16.9 Å². The van der Waals surface area contributed by atoms with Gasteiger partial charge in [0.05, 0.1) is 32.2 Å². The number of amides is 1. The van der Waals surface area contributed by atoms with E-state index in [9.17, 15) is 13.6 Å². The van der Waals surface area contributed by atoms with E-state index < -0.39 is 18.0 Å². The summed E-state index contributed by atoms with van der Waals surface area (Å²) in [5, 5.41) is 19.4. The minimum atomic E-state index is -2.85. The highest BCUT2D eigenvalue weighted by atomic mass is 32.2. The van der Waals surface area contributed by atoms with Crippen LogP contribution in [-0.4, -0.2) is 50.4 Å². The van der Waals surface area contributed by atoms with E-state index in [2.05, 4.69) is 42.8 Å². The summed E-state index contributed by atoms with van der Waals surface area (Å²) < 4.78 is 38.8. The lowest BCUT2D eigenvalue weighted by molar-refractivity contribution is 0.0978. The average molecular weight is 583 g/mol. The largest absolute Gasteiger partial charge is 0.495 e. The number of aromatic nitrogens is 4. The number of halogens is 2. The molecule has 41 heavy (non-hydrogen) atoms. The smallest absolute Gasteiger partial charge is 0.280 e. The Balaban J connectivity index is 0.00000189. The molecule has 1 amide bonds. The van der Waals surface area contributed by atoms with E-state index >= 15 is 0 Å². The summed E-state index contributed by atoms with van der Waals surface area (Å²) in [5.74, 6) is 6.78. The molecule has 0 spiro atoms. The van der Waals surface area contributed by atoms with E-state index in [-0.39, 0.29) is 39.1 Å². The van der Waals surface area contributed by atoms with E-state index in [4.69, 9.17) is 14.9 Å². The number of hydrogen-bond acceptors (Lipinski definition) is 10. The maximum absolute atomic E-state index is 13.6. The Morgan fingerprint density at radius 3 is 2.56 bits per heavy atom. The van der Waals surface area contributed by atoms with E-state index in [1.54, 1.807) is 0 Å². The Morgan fingerprint density at radius 1 is 1.12 bits per heavy atom. The second-order valence-electron chi connectivity index (χ2n) is 8.45. The molecule has 3 N–H and O–H groups in total. The summed E-state index contributed by atoms with van der Waals surface area (Å²) >= 11 is 1.25. The molecule has 1 fully saturated rings. The molecule has 0 bridgehead atoms. The molecule has 1 aliphatic heterocycles. The molecule has 214 valence electrons. The summed E-state index contributed by atoms with van der Waals surface area (Å²) in [5.41, 5.74) is 2.77. The molecule has 1 atom stereocenters. The summed E-state index contributed by atoms with van der Waals surface area (Å²) in [7, 11) is 2.82. The molecule has 4 heterocycles. The number of alkyl halides is 2. The quantitative estimate of drug-likeness (QED) is 0.373. The molecule has 3 aromatic rings. The third-order valence-corrected chi connectivity index (χ3v) is 6.62. The standard InChI is InChI=1S/C25H22F2N8O3S.C2H6/c1-37-14-7-20(28)35(31-10-14)21-9-15(16-8-18(23(26)27)29-12-19(16)38-2)17(11-30-21)24(36)32-25-34-33-22(39-25)6-5-13-3-4-13;1-2/h7-13,22-23,28,33H,3-4H2,1-2H3,(H,32,34,36);1-2H3. The molecule has 5 rings (SSSR count). The van der Waals surface area contributed by atoms with Crippen LogP contribution >= 0.6 is 11.8 Å². The van der Waals surface area contributed by atoms with Crippen molar-refractivity contribution in [1.29, 1.82) is 5.41 Å². The van der Waals surface area contributed by atoms with Crippen LogP contribution in [0.2, 0.25) is 0 Å².